The van der Waals surface area contributed by atoms with Gasteiger partial charge in [0.1, 0.15) is 0 Å². The number of fused-ring (bicyclic) bond motifs is 1. The van der Waals surface area contributed by atoms with Crippen LogP contribution in [0.3, 0.4) is 0 Å². The number of rotatable bonds is 3. The standard InChI is InChI=1S/C23H24N2O/c26-23(20-10-9-18-7-3-4-8-19(18)17-20)24-21-11-13-22(14-12-21)25-15-5-1-2-6-16-25/h3-4,7-14,17H,1-2,5-6,15-16H2,(H,24,26). The molecule has 0 aliphatic carbocycles. The van der Waals surface area contributed by atoms with Gasteiger partial charge in [-0.2, -0.15) is 0 Å². The van der Waals surface area contributed by atoms with Crippen LogP contribution in [0.25, 0.3) is 10.8 Å². The Balaban J connectivity index is 1.46. The van der Waals surface area contributed by atoms with E-state index in [2.05, 4.69) is 28.4 Å². The molecule has 3 nitrogen and oxygen atoms in total. The number of amides is 1. The zero-order valence-electron chi connectivity index (χ0n) is 14.9. The highest BCUT2D eigenvalue weighted by atomic mass is 16.1. The van der Waals surface area contributed by atoms with Crippen LogP contribution in [-0.4, -0.2) is 19.0 Å². The second kappa shape index (κ2) is 7.61. The van der Waals surface area contributed by atoms with Gasteiger partial charge in [0.15, 0.2) is 0 Å². The summed E-state index contributed by atoms with van der Waals surface area (Å²) in [5.74, 6) is -0.0710. The summed E-state index contributed by atoms with van der Waals surface area (Å²) in [6, 6.07) is 22.1. The highest BCUT2D eigenvalue weighted by Gasteiger charge is 2.11. The first-order valence-electron chi connectivity index (χ1n) is 9.45. The lowest BCUT2D eigenvalue weighted by atomic mass is 10.1. The predicted molar refractivity (Wildman–Crippen MR) is 109 cm³/mol. The first-order valence-corrected chi connectivity index (χ1v) is 9.45. The largest absolute Gasteiger partial charge is 0.372 e. The Morgan fingerprint density at radius 1 is 0.769 bits per heavy atom. The summed E-state index contributed by atoms with van der Waals surface area (Å²) in [6.45, 7) is 2.26. The molecule has 1 aliphatic rings. The minimum atomic E-state index is -0.0710. The van der Waals surface area contributed by atoms with Gasteiger partial charge in [-0.15, -0.1) is 0 Å². The van der Waals surface area contributed by atoms with Gasteiger partial charge >= 0.3 is 0 Å². The van der Waals surface area contributed by atoms with E-state index in [-0.39, 0.29) is 5.91 Å². The summed E-state index contributed by atoms with van der Waals surface area (Å²) in [7, 11) is 0. The Labute approximate surface area is 154 Å². The van der Waals surface area contributed by atoms with Gasteiger partial charge < -0.3 is 10.2 Å². The van der Waals surface area contributed by atoms with Gasteiger partial charge in [-0.05, 0) is 60.0 Å². The van der Waals surface area contributed by atoms with Gasteiger partial charge in [0, 0.05) is 30.0 Å². The summed E-state index contributed by atoms with van der Waals surface area (Å²) in [6.07, 6.45) is 5.19. The smallest absolute Gasteiger partial charge is 0.255 e. The van der Waals surface area contributed by atoms with Crippen LogP contribution in [0, 0.1) is 0 Å². The van der Waals surface area contributed by atoms with Gasteiger partial charge in [-0.3, -0.25) is 4.79 Å². The quantitative estimate of drug-likeness (QED) is 0.683. The molecule has 1 aliphatic heterocycles. The molecular formula is C23H24N2O. The molecule has 0 radical (unpaired) electrons. The van der Waals surface area contributed by atoms with Crippen molar-refractivity contribution in [1.29, 1.82) is 0 Å². The maximum atomic E-state index is 12.6. The Kier molecular flexibility index (Phi) is 4.87. The maximum Gasteiger partial charge on any atom is 0.255 e. The van der Waals surface area contributed by atoms with E-state index in [1.54, 1.807) is 0 Å². The van der Waals surface area contributed by atoms with E-state index < -0.39 is 0 Å². The van der Waals surface area contributed by atoms with E-state index in [4.69, 9.17) is 0 Å². The number of nitrogens with zero attached hydrogens (tertiary/aromatic N) is 1. The van der Waals surface area contributed by atoms with E-state index in [0.29, 0.717) is 5.56 Å². The van der Waals surface area contributed by atoms with Crippen LogP contribution >= 0.6 is 0 Å². The number of hydrogen-bond donors (Lipinski definition) is 1. The zero-order chi connectivity index (χ0) is 17.8. The van der Waals surface area contributed by atoms with Gasteiger partial charge in [-0.1, -0.05) is 43.2 Å². The molecule has 0 unspecified atom stereocenters. The third-order valence-electron chi connectivity index (χ3n) is 5.11. The molecule has 132 valence electrons. The van der Waals surface area contributed by atoms with Gasteiger partial charge in [-0.25, -0.2) is 0 Å². The molecule has 0 atom stereocenters. The van der Waals surface area contributed by atoms with E-state index in [0.717, 1.165) is 29.5 Å². The van der Waals surface area contributed by atoms with Crippen molar-refractivity contribution in [3.05, 3.63) is 72.3 Å². The van der Waals surface area contributed by atoms with Crippen molar-refractivity contribution in [2.75, 3.05) is 23.3 Å². The number of hydrogen-bond acceptors (Lipinski definition) is 2. The molecule has 0 aromatic heterocycles. The second-order valence-electron chi connectivity index (χ2n) is 6.96. The third kappa shape index (κ3) is 3.72. The molecule has 26 heavy (non-hydrogen) atoms. The van der Waals surface area contributed by atoms with Crippen molar-refractivity contribution < 1.29 is 4.79 Å². The Morgan fingerprint density at radius 2 is 1.46 bits per heavy atom. The monoisotopic (exact) mass is 344 g/mol. The lowest BCUT2D eigenvalue weighted by molar-refractivity contribution is 0.102. The normalized spacial score (nSPS) is 14.8. The van der Waals surface area contributed by atoms with E-state index in [9.17, 15) is 4.79 Å². The number of benzene rings is 3. The first kappa shape index (κ1) is 16.6. The lowest BCUT2D eigenvalue weighted by Crippen LogP contribution is -2.23. The SMILES string of the molecule is O=C(Nc1ccc(N2CCCCCC2)cc1)c1ccc2ccccc2c1. The molecular weight excluding hydrogens is 320 g/mol. The lowest BCUT2D eigenvalue weighted by Gasteiger charge is -2.22. The summed E-state index contributed by atoms with van der Waals surface area (Å²) in [5, 5.41) is 5.23. The molecule has 0 saturated carbocycles. The van der Waals surface area contributed by atoms with E-state index in [1.807, 2.05) is 48.5 Å². The maximum absolute atomic E-state index is 12.6. The van der Waals surface area contributed by atoms with E-state index in [1.165, 1.54) is 31.4 Å². The molecule has 0 bridgehead atoms. The van der Waals surface area contributed by atoms with Crippen molar-refractivity contribution >= 4 is 28.1 Å². The molecule has 1 amide bonds. The van der Waals surface area contributed by atoms with Gasteiger partial charge in [0.25, 0.3) is 5.91 Å². The fourth-order valence-electron chi connectivity index (χ4n) is 3.62. The second-order valence-corrected chi connectivity index (χ2v) is 6.96. The Morgan fingerprint density at radius 3 is 2.19 bits per heavy atom. The highest BCUT2D eigenvalue weighted by Crippen LogP contribution is 2.22. The number of carbonyl (C=O) groups is 1. The van der Waals surface area contributed by atoms with Crippen LogP contribution in [0.4, 0.5) is 11.4 Å². The Bertz CT molecular complexity index is 893. The summed E-state index contributed by atoms with van der Waals surface area (Å²) in [4.78, 5) is 15.0. The topological polar surface area (TPSA) is 32.3 Å². The average Bonchev–Trinajstić information content (AvgIpc) is 2.98. The predicted octanol–water partition coefficient (Wildman–Crippen LogP) is 5.47. The molecule has 3 heteroatoms. The van der Waals surface area contributed by atoms with Crippen LogP contribution in [-0.2, 0) is 0 Å². The van der Waals surface area contributed by atoms with Crippen LogP contribution in [0.15, 0.2) is 66.7 Å². The van der Waals surface area contributed by atoms with E-state index >= 15 is 0 Å². The molecule has 3 aromatic carbocycles. The van der Waals surface area contributed by atoms with Crippen LogP contribution < -0.4 is 10.2 Å². The van der Waals surface area contributed by atoms with Crippen molar-refractivity contribution in [3.63, 3.8) is 0 Å². The van der Waals surface area contributed by atoms with Crippen LogP contribution in [0.1, 0.15) is 36.0 Å². The fraction of sp³-hybridized carbons (Fsp3) is 0.261. The summed E-state index contributed by atoms with van der Waals surface area (Å²) >= 11 is 0. The molecule has 1 saturated heterocycles. The number of carbonyl (C=O) groups excluding carboxylic acids is 1. The molecule has 1 fully saturated rings. The minimum absolute atomic E-state index is 0.0710. The molecule has 4 rings (SSSR count). The minimum Gasteiger partial charge on any atom is -0.372 e. The highest BCUT2D eigenvalue weighted by molar-refractivity contribution is 6.06. The van der Waals surface area contributed by atoms with Crippen LogP contribution in [0.5, 0.6) is 0 Å². The van der Waals surface area contributed by atoms with Crippen molar-refractivity contribution in [1.82, 2.24) is 0 Å². The fourth-order valence-corrected chi connectivity index (χ4v) is 3.62. The number of nitrogens with one attached hydrogen (secondary N) is 1. The van der Waals surface area contributed by atoms with Crippen molar-refractivity contribution in [2.24, 2.45) is 0 Å². The van der Waals surface area contributed by atoms with Gasteiger partial charge in [0.2, 0.25) is 0 Å². The summed E-state index contributed by atoms with van der Waals surface area (Å²) < 4.78 is 0. The van der Waals surface area contributed by atoms with Crippen molar-refractivity contribution in [2.45, 2.75) is 25.7 Å². The molecule has 3 aromatic rings. The first-order chi connectivity index (χ1) is 12.8. The molecule has 1 heterocycles. The summed E-state index contributed by atoms with van der Waals surface area (Å²) in [5.41, 5.74) is 2.76. The third-order valence-corrected chi connectivity index (χ3v) is 5.11. The Hall–Kier alpha value is -2.81. The molecule has 0 spiro atoms. The van der Waals surface area contributed by atoms with Crippen LogP contribution in [0.2, 0.25) is 0 Å². The average molecular weight is 344 g/mol. The zero-order valence-corrected chi connectivity index (χ0v) is 14.9. The number of anilines is 2. The van der Waals surface area contributed by atoms with Crippen molar-refractivity contribution in [3.8, 4) is 0 Å². The van der Waals surface area contributed by atoms with Gasteiger partial charge in [0.05, 0.1) is 0 Å². The molecule has 1 N–H and O–H groups in total.